The predicted octanol–water partition coefficient (Wildman–Crippen LogP) is 2.83. The van der Waals surface area contributed by atoms with Crippen LogP contribution in [0.5, 0.6) is 0 Å². The van der Waals surface area contributed by atoms with Crippen LogP contribution >= 0.6 is 0 Å². The molecule has 5 atom stereocenters. The number of nitrogens with two attached hydrogens (primary N) is 1. The number of fused-ring (bicyclic) bond motifs is 1. The molecule has 1 saturated carbocycles. The summed E-state index contributed by atoms with van der Waals surface area (Å²) >= 11 is 0. The molecule has 0 radical (unpaired) electrons. The van der Waals surface area contributed by atoms with E-state index in [1.54, 1.807) is 0 Å². The van der Waals surface area contributed by atoms with Gasteiger partial charge in [-0.15, -0.1) is 0 Å². The van der Waals surface area contributed by atoms with Crippen molar-refractivity contribution in [1.29, 1.82) is 0 Å². The number of nitrogens with one attached hydrogen (secondary N) is 4. The number of benzene rings is 1. The zero-order valence-corrected chi connectivity index (χ0v) is 30.5. The Bertz CT molecular complexity index is 1410. The van der Waals surface area contributed by atoms with Gasteiger partial charge in [-0.1, -0.05) is 71.7 Å². The lowest BCUT2D eigenvalue weighted by atomic mass is 9.87. The summed E-state index contributed by atoms with van der Waals surface area (Å²) in [4.78, 5) is 80.9. The van der Waals surface area contributed by atoms with Crippen LogP contribution in [-0.4, -0.2) is 83.9 Å². The van der Waals surface area contributed by atoms with Gasteiger partial charge in [0.25, 0.3) is 5.91 Å². The summed E-state index contributed by atoms with van der Waals surface area (Å²) in [6.07, 6.45) is 3.23. The van der Waals surface area contributed by atoms with Crippen LogP contribution < -0.4 is 27.0 Å². The first-order valence-electron chi connectivity index (χ1n) is 18.0. The van der Waals surface area contributed by atoms with Gasteiger partial charge < -0.3 is 36.6 Å². The average molecular weight is 697 g/mol. The van der Waals surface area contributed by atoms with Crippen molar-refractivity contribution >= 4 is 35.6 Å². The highest BCUT2D eigenvalue weighted by Gasteiger charge is 2.48. The van der Waals surface area contributed by atoms with Crippen LogP contribution in [0.25, 0.3) is 0 Å². The number of carbonyl (C=O) groups is 6. The lowest BCUT2D eigenvalue weighted by Crippen LogP contribution is -2.61. The minimum Gasteiger partial charge on any atom is -0.447 e. The largest absolute Gasteiger partial charge is 0.447 e. The highest BCUT2D eigenvalue weighted by atomic mass is 16.5. The van der Waals surface area contributed by atoms with Crippen LogP contribution in [0, 0.1) is 29.1 Å². The van der Waals surface area contributed by atoms with Gasteiger partial charge in [0.15, 0.2) is 0 Å². The molecule has 1 aromatic carbocycles. The van der Waals surface area contributed by atoms with Gasteiger partial charge in [0.05, 0.1) is 12.1 Å². The minimum atomic E-state index is -1.11. The molecule has 0 aromatic heterocycles. The average Bonchev–Trinajstić information content (AvgIpc) is 3.55. The number of hydrogen-bond donors (Lipinski definition) is 5. The standard InChI is InChI=1S/C37H56N6O7/c1-20(2)26-14-15-43(30(26)33(46)40-27(16-22-12-13-22)31(44)32(38)45)34(47)29(25-17-23-10-8-9-11-24(23)18-25)42-35(48)41-28(37(5,6)7)19-50-36(49)39-21(3)4/h8-11,20-22,25-30H,12-19H2,1-7H3,(H2,38,45)(H,39,49)(H,40,46)(H2,41,42,48)/t26-,27?,28-,29+,30+/m1/s1. The van der Waals surface area contributed by atoms with Crippen molar-refractivity contribution in [2.75, 3.05) is 13.2 Å². The van der Waals surface area contributed by atoms with Gasteiger partial charge >= 0.3 is 12.1 Å². The molecule has 3 aliphatic rings. The Balaban J connectivity index is 1.58. The molecule has 1 saturated heterocycles. The van der Waals surface area contributed by atoms with Crippen molar-refractivity contribution < 1.29 is 33.5 Å². The van der Waals surface area contributed by atoms with Crippen molar-refractivity contribution in [3.8, 4) is 0 Å². The summed E-state index contributed by atoms with van der Waals surface area (Å²) in [5.74, 6) is -3.07. The number of carbonyl (C=O) groups excluding carboxylic acids is 6. The van der Waals surface area contributed by atoms with Gasteiger partial charge in [-0.3, -0.25) is 19.2 Å². The Labute approximate surface area is 295 Å². The van der Waals surface area contributed by atoms with E-state index in [0.29, 0.717) is 32.2 Å². The maximum atomic E-state index is 14.7. The lowest BCUT2D eigenvalue weighted by molar-refractivity contribution is -0.143. The second-order valence-electron chi connectivity index (χ2n) is 16.0. The number of Topliss-reactive ketones (excluding diaryl/α,β-unsaturated/α-hetero) is 1. The number of primary amides is 1. The maximum Gasteiger partial charge on any atom is 0.407 e. The monoisotopic (exact) mass is 696 g/mol. The molecule has 0 spiro atoms. The number of rotatable bonds is 14. The van der Waals surface area contributed by atoms with Gasteiger partial charge in [0.2, 0.25) is 17.6 Å². The zero-order chi connectivity index (χ0) is 36.9. The van der Waals surface area contributed by atoms with E-state index in [0.717, 1.165) is 24.0 Å². The van der Waals surface area contributed by atoms with Gasteiger partial charge in [0.1, 0.15) is 18.7 Å². The summed E-state index contributed by atoms with van der Waals surface area (Å²) in [5.41, 5.74) is 7.03. The molecule has 6 amide bonds. The molecule has 2 aliphatic carbocycles. The molecule has 13 nitrogen and oxygen atoms in total. The van der Waals surface area contributed by atoms with E-state index in [9.17, 15) is 28.8 Å². The smallest absolute Gasteiger partial charge is 0.407 e. The number of urea groups is 1. The number of alkyl carbamates (subject to hydrolysis) is 1. The van der Waals surface area contributed by atoms with Gasteiger partial charge in [-0.2, -0.15) is 0 Å². The first kappa shape index (κ1) is 38.6. The Hall–Kier alpha value is -4.16. The van der Waals surface area contributed by atoms with E-state index in [2.05, 4.69) is 21.3 Å². The van der Waals surface area contributed by atoms with Crippen LogP contribution in [0.15, 0.2) is 24.3 Å². The molecule has 1 heterocycles. The third-order valence-electron chi connectivity index (χ3n) is 10.2. The molecule has 50 heavy (non-hydrogen) atoms. The molecule has 6 N–H and O–H groups in total. The number of amides is 6. The van der Waals surface area contributed by atoms with Crippen molar-refractivity contribution in [2.45, 2.75) is 117 Å². The molecule has 276 valence electrons. The SMILES string of the molecule is CC(C)NC(=O)OC[C@@H](NC(=O)N[C@H](C(=O)N1CC[C@H](C(C)C)[C@H]1C(=O)NC(CC1CC1)C(=O)C(N)=O)C1Cc2ccccc2C1)C(C)(C)C. The Morgan fingerprint density at radius 1 is 0.900 bits per heavy atom. The lowest BCUT2D eigenvalue weighted by Gasteiger charge is -2.35. The Morgan fingerprint density at radius 3 is 2.04 bits per heavy atom. The van der Waals surface area contributed by atoms with Crippen molar-refractivity contribution in [3.05, 3.63) is 35.4 Å². The molecular formula is C37H56N6O7. The normalized spacial score (nSPS) is 20.9. The summed E-state index contributed by atoms with van der Waals surface area (Å²) in [6.45, 7) is 13.6. The number of ether oxygens (including phenoxy) is 1. The Kier molecular flexibility index (Phi) is 12.6. The third kappa shape index (κ3) is 9.97. The topological polar surface area (TPSA) is 189 Å². The van der Waals surface area contributed by atoms with Crippen LogP contribution in [0.4, 0.5) is 9.59 Å². The molecule has 13 heteroatoms. The fraction of sp³-hybridized carbons (Fsp3) is 0.676. The fourth-order valence-corrected chi connectivity index (χ4v) is 7.12. The molecule has 1 unspecified atom stereocenters. The third-order valence-corrected chi connectivity index (χ3v) is 10.2. The van der Waals surface area contributed by atoms with E-state index in [-0.39, 0.29) is 42.2 Å². The Morgan fingerprint density at radius 2 is 1.52 bits per heavy atom. The molecule has 4 rings (SSSR count). The molecule has 2 fully saturated rings. The first-order valence-corrected chi connectivity index (χ1v) is 18.0. The van der Waals surface area contributed by atoms with E-state index >= 15 is 0 Å². The number of nitrogens with zero attached hydrogens (tertiary/aromatic N) is 1. The van der Waals surface area contributed by atoms with E-state index in [1.807, 2.05) is 72.7 Å². The van der Waals surface area contributed by atoms with Crippen molar-refractivity contribution in [3.63, 3.8) is 0 Å². The fourth-order valence-electron chi connectivity index (χ4n) is 7.12. The molecule has 0 bridgehead atoms. The quantitative estimate of drug-likeness (QED) is 0.185. The van der Waals surface area contributed by atoms with E-state index in [4.69, 9.17) is 10.5 Å². The zero-order valence-electron chi connectivity index (χ0n) is 30.5. The summed E-state index contributed by atoms with van der Waals surface area (Å²) in [7, 11) is 0. The number of ketones is 1. The predicted molar refractivity (Wildman–Crippen MR) is 188 cm³/mol. The van der Waals surface area contributed by atoms with Gasteiger partial charge in [-0.25, -0.2) is 9.59 Å². The highest BCUT2D eigenvalue weighted by Crippen LogP contribution is 2.36. The van der Waals surface area contributed by atoms with Crippen LogP contribution in [0.3, 0.4) is 0 Å². The number of likely N-dealkylation sites (tertiary alicyclic amines) is 1. The van der Waals surface area contributed by atoms with Crippen LogP contribution in [0.1, 0.15) is 85.3 Å². The van der Waals surface area contributed by atoms with E-state index < -0.39 is 59.3 Å². The second-order valence-corrected chi connectivity index (χ2v) is 16.0. The second kappa shape index (κ2) is 16.2. The maximum absolute atomic E-state index is 14.7. The van der Waals surface area contributed by atoms with Crippen LogP contribution in [-0.2, 0) is 36.8 Å². The van der Waals surface area contributed by atoms with Gasteiger partial charge in [-0.05, 0) is 79.7 Å². The molecular weight excluding hydrogens is 640 g/mol. The van der Waals surface area contributed by atoms with E-state index in [1.165, 1.54) is 4.90 Å². The summed E-state index contributed by atoms with van der Waals surface area (Å²) in [6, 6.07) is 3.69. The van der Waals surface area contributed by atoms with Crippen molar-refractivity contribution in [2.24, 2.45) is 34.8 Å². The van der Waals surface area contributed by atoms with Crippen molar-refractivity contribution in [1.82, 2.24) is 26.2 Å². The molecule has 1 aromatic rings. The van der Waals surface area contributed by atoms with Crippen LogP contribution in [0.2, 0.25) is 0 Å². The van der Waals surface area contributed by atoms with Gasteiger partial charge in [0, 0.05) is 12.6 Å². The highest BCUT2D eigenvalue weighted by molar-refractivity contribution is 6.37. The minimum absolute atomic E-state index is 0.0307. The summed E-state index contributed by atoms with van der Waals surface area (Å²) < 4.78 is 5.42. The first-order chi connectivity index (χ1) is 23.5. The number of hydrogen-bond acceptors (Lipinski definition) is 7. The molecule has 1 aliphatic heterocycles. The summed E-state index contributed by atoms with van der Waals surface area (Å²) in [5, 5.41) is 11.4.